The van der Waals surface area contributed by atoms with E-state index in [0.717, 1.165) is 33.8 Å². The molecule has 1 aromatic rings. The number of rotatable bonds is 9. The summed E-state index contributed by atoms with van der Waals surface area (Å²) >= 11 is 0. The fourth-order valence-corrected chi connectivity index (χ4v) is 2.83. The SMILES string of the molecule is C=C/C=C(C)\C=C/Cn1ccc(=C)c(/C(=C/C(=C\C=C)CC)C(=C)O)cn(C)c1=C. The van der Waals surface area contributed by atoms with Gasteiger partial charge < -0.3 is 14.2 Å². The molecule has 3 nitrogen and oxygen atoms in total. The van der Waals surface area contributed by atoms with Gasteiger partial charge in [-0.1, -0.05) is 81.8 Å². The zero-order chi connectivity index (χ0) is 22.7. The molecule has 0 unspecified atom stereocenters. The van der Waals surface area contributed by atoms with E-state index in [1.54, 1.807) is 12.2 Å². The number of aromatic nitrogens is 2. The van der Waals surface area contributed by atoms with E-state index in [9.17, 15) is 5.11 Å². The van der Waals surface area contributed by atoms with Crippen LogP contribution in [0, 0.1) is 0 Å². The van der Waals surface area contributed by atoms with Crippen molar-refractivity contribution >= 4 is 18.7 Å². The molecule has 0 amide bonds. The molecular weight excluding hydrogens is 368 g/mol. The highest BCUT2D eigenvalue weighted by Gasteiger charge is 2.07. The van der Waals surface area contributed by atoms with E-state index in [1.165, 1.54) is 0 Å². The third-order valence-corrected chi connectivity index (χ3v) is 4.60. The maximum atomic E-state index is 10.3. The molecular formula is C27H34N2O. The van der Waals surface area contributed by atoms with Crippen LogP contribution in [0.2, 0.25) is 0 Å². The summed E-state index contributed by atoms with van der Waals surface area (Å²) in [6.45, 7) is 24.4. The fourth-order valence-electron chi connectivity index (χ4n) is 2.83. The second kappa shape index (κ2) is 12.2. The average molecular weight is 403 g/mol. The van der Waals surface area contributed by atoms with E-state index < -0.39 is 0 Å². The number of hydrogen-bond acceptors (Lipinski definition) is 1. The van der Waals surface area contributed by atoms with Crippen LogP contribution in [0.4, 0.5) is 0 Å². The number of nitrogens with zero attached hydrogens (tertiary/aromatic N) is 2. The van der Waals surface area contributed by atoms with Crippen molar-refractivity contribution in [1.29, 1.82) is 0 Å². The Kier molecular flexibility index (Phi) is 9.98. The Morgan fingerprint density at radius 3 is 2.40 bits per heavy atom. The molecule has 0 saturated carbocycles. The molecule has 1 heterocycles. The molecule has 1 N–H and O–H groups in total. The zero-order valence-corrected chi connectivity index (χ0v) is 18.6. The molecule has 0 atom stereocenters. The van der Waals surface area contributed by atoms with Crippen molar-refractivity contribution in [2.24, 2.45) is 7.05 Å². The second-order valence-corrected chi connectivity index (χ2v) is 6.95. The molecule has 0 bridgehead atoms. The largest absolute Gasteiger partial charge is 0.508 e. The number of allylic oxidation sites excluding steroid dienone is 10. The number of aliphatic hydroxyl groups excluding tert-OH is 1. The van der Waals surface area contributed by atoms with Gasteiger partial charge >= 0.3 is 0 Å². The summed E-state index contributed by atoms with van der Waals surface area (Å²) in [5.74, 6) is -0.0110. The Morgan fingerprint density at radius 2 is 1.83 bits per heavy atom. The van der Waals surface area contributed by atoms with E-state index in [0.29, 0.717) is 12.1 Å². The Labute approximate surface area is 181 Å². The van der Waals surface area contributed by atoms with Gasteiger partial charge in [0, 0.05) is 37.1 Å². The van der Waals surface area contributed by atoms with Gasteiger partial charge in [-0.05, 0) is 36.3 Å². The van der Waals surface area contributed by atoms with Crippen molar-refractivity contribution in [3.05, 3.63) is 114 Å². The maximum absolute atomic E-state index is 10.3. The van der Waals surface area contributed by atoms with E-state index in [-0.39, 0.29) is 5.76 Å². The van der Waals surface area contributed by atoms with Crippen LogP contribution in [0.15, 0.2) is 97.6 Å². The van der Waals surface area contributed by atoms with Crippen LogP contribution >= 0.6 is 0 Å². The fraction of sp³-hybridized carbons (Fsp3) is 0.185. The predicted molar refractivity (Wildman–Crippen MR) is 133 cm³/mol. The van der Waals surface area contributed by atoms with Crippen LogP contribution < -0.4 is 10.7 Å². The van der Waals surface area contributed by atoms with Crippen molar-refractivity contribution in [1.82, 2.24) is 9.13 Å². The van der Waals surface area contributed by atoms with Crippen LogP contribution in [0.25, 0.3) is 18.7 Å². The molecule has 0 fully saturated rings. The molecule has 0 spiro atoms. The first-order valence-corrected chi connectivity index (χ1v) is 9.90. The monoisotopic (exact) mass is 402 g/mol. The van der Waals surface area contributed by atoms with Gasteiger partial charge in [-0.25, -0.2) is 0 Å². The topological polar surface area (TPSA) is 30.1 Å². The molecule has 0 radical (unpaired) electrons. The summed E-state index contributed by atoms with van der Waals surface area (Å²) in [6, 6.07) is 1.92. The van der Waals surface area contributed by atoms with Gasteiger partial charge in [0.2, 0.25) is 0 Å². The van der Waals surface area contributed by atoms with Crippen molar-refractivity contribution in [2.75, 3.05) is 0 Å². The minimum Gasteiger partial charge on any atom is -0.508 e. The third kappa shape index (κ3) is 7.17. The molecule has 30 heavy (non-hydrogen) atoms. The highest BCUT2D eigenvalue weighted by Crippen LogP contribution is 2.20. The third-order valence-electron chi connectivity index (χ3n) is 4.60. The van der Waals surface area contributed by atoms with E-state index in [4.69, 9.17) is 0 Å². The summed E-state index contributed by atoms with van der Waals surface area (Å²) in [4.78, 5) is 0. The Balaban J connectivity index is 3.59. The van der Waals surface area contributed by atoms with E-state index in [1.807, 2.05) is 65.9 Å². The maximum Gasteiger partial charge on any atom is 0.116 e. The smallest absolute Gasteiger partial charge is 0.116 e. The van der Waals surface area contributed by atoms with Gasteiger partial charge in [0.15, 0.2) is 0 Å². The first-order chi connectivity index (χ1) is 14.2. The molecule has 0 saturated heterocycles. The minimum atomic E-state index is -0.0110. The quantitative estimate of drug-likeness (QED) is 0.433. The lowest BCUT2D eigenvalue weighted by molar-refractivity contribution is 0.440. The lowest BCUT2D eigenvalue weighted by atomic mass is 10.0. The molecule has 0 aliphatic carbocycles. The first-order valence-electron chi connectivity index (χ1n) is 9.90. The summed E-state index contributed by atoms with van der Waals surface area (Å²) in [5.41, 5.74) is 4.36. The van der Waals surface area contributed by atoms with Crippen LogP contribution in [-0.2, 0) is 13.6 Å². The van der Waals surface area contributed by atoms with Crippen molar-refractivity contribution in [3.8, 4) is 0 Å². The highest BCUT2D eigenvalue weighted by atomic mass is 16.3. The van der Waals surface area contributed by atoms with Crippen molar-refractivity contribution in [3.63, 3.8) is 0 Å². The first kappa shape index (κ1) is 24.6. The van der Waals surface area contributed by atoms with Crippen molar-refractivity contribution < 1.29 is 5.11 Å². The standard InChI is InChI=1S/C27H34N2O/c1-9-13-21(4)15-12-17-29-18-16-22(5)27(20-28(8)24(29)7)26(23(6)30)19-25(11-3)14-10-2/h9-10,12-16,18-20,30H,1-2,5-7,11,17H2,3-4,8H3/b15-12-,18-16?,21-13-,25-14-,26-19+,27-20?. The Morgan fingerprint density at radius 1 is 1.17 bits per heavy atom. The van der Waals surface area contributed by atoms with Crippen LogP contribution in [0.5, 0.6) is 0 Å². The Hall–Kier alpha value is -3.46. The summed E-state index contributed by atoms with van der Waals surface area (Å²) < 4.78 is 3.95. The minimum absolute atomic E-state index is 0.0110. The van der Waals surface area contributed by atoms with Crippen molar-refractivity contribution in [2.45, 2.75) is 26.8 Å². The van der Waals surface area contributed by atoms with Gasteiger partial charge in [-0.2, -0.15) is 0 Å². The summed E-state index contributed by atoms with van der Waals surface area (Å²) in [5, 5.41) is 11.0. The molecule has 1 aromatic heterocycles. The van der Waals surface area contributed by atoms with Gasteiger partial charge in [0.05, 0.1) is 0 Å². The predicted octanol–water partition coefficient (Wildman–Crippen LogP) is 5.44. The van der Waals surface area contributed by atoms with E-state index >= 15 is 0 Å². The number of aryl methyl sites for hydroxylation is 1. The zero-order valence-electron chi connectivity index (χ0n) is 18.6. The molecule has 0 aliphatic heterocycles. The molecule has 1 rings (SSSR count). The lowest BCUT2D eigenvalue weighted by Crippen LogP contribution is -2.27. The molecule has 3 heteroatoms. The Bertz CT molecular complexity index is 1070. The lowest BCUT2D eigenvalue weighted by Gasteiger charge is -2.12. The highest BCUT2D eigenvalue weighted by molar-refractivity contribution is 5.78. The number of aliphatic hydroxyl groups is 1. The molecule has 0 aliphatic rings. The molecule has 158 valence electrons. The van der Waals surface area contributed by atoms with Crippen LogP contribution in [0.3, 0.4) is 0 Å². The normalized spacial score (nSPS) is 12.7. The average Bonchev–Trinajstić information content (AvgIpc) is 2.70. The van der Waals surface area contributed by atoms with E-state index in [2.05, 4.69) is 45.9 Å². The summed E-state index contributed by atoms with van der Waals surface area (Å²) in [6.07, 6.45) is 18.1. The van der Waals surface area contributed by atoms with Gasteiger partial charge in [0.25, 0.3) is 0 Å². The summed E-state index contributed by atoms with van der Waals surface area (Å²) in [7, 11) is 1.92. The van der Waals surface area contributed by atoms with Gasteiger partial charge in [-0.15, -0.1) is 0 Å². The van der Waals surface area contributed by atoms with Crippen LogP contribution in [-0.4, -0.2) is 14.2 Å². The van der Waals surface area contributed by atoms with Crippen LogP contribution in [0.1, 0.15) is 25.8 Å². The molecule has 0 aromatic carbocycles. The van der Waals surface area contributed by atoms with Gasteiger partial charge in [0.1, 0.15) is 11.2 Å². The van der Waals surface area contributed by atoms with Gasteiger partial charge in [-0.3, -0.25) is 0 Å². The second-order valence-electron chi connectivity index (χ2n) is 6.95. The number of hydrogen-bond donors (Lipinski definition) is 1.